The Morgan fingerprint density at radius 3 is 1.49 bits per heavy atom. The molecule has 0 bridgehead atoms. The van der Waals surface area contributed by atoms with Gasteiger partial charge < -0.3 is 4.57 Å². The van der Waals surface area contributed by atoms with E-state index < -0.39 is 0 Å². The molecule has 0 saturated heterocycles. The smallest absolute Gasteiger partial charge is 0.164 e. The van der Waals surface area contributed by atoms with E-state index in [1.165, 1.54) is 10.8 Å². The van der Waals surface area contributed by atoms with Crippen LogP contribution >= 0.6 is 0 Å². The zero-order valence-electron chi connectivity index (χ0n) is 27.5. The number of aromatic nitrogens is 4. The summed E-state index contributed by atoms with van der Waals surface area (Å²) in [6.07, 6.45) is 0. The number of nitriles is 1. The number of benzene rings is 7. The summed E-state index contributed by atoms with van der Waals surface area (Å²) in [7, 11) is 0. The molecule has 0 atom stereocenters. The van der Waals surface area contributed by atoms with Crippen LogP contribution in [0.2, 0.25) is 0 Å². The summed E-state index contributed by atoms with van der Waals surface area (Å²) in [6, 6.07) is 62.3. The van der Waals surface area contributed by atoms with Crippen LogP contribution in [0, 0.1) is 11.3 Å². The topological polar surface area (TPSA) is 67.4 Å². The Balaban J connectivity index is 1.14. The standard InChI is InChI=1S/C46H29N5/c47-30-31-11-10-16-36(27-31)38-23-25-40-41-28-37(24-26-42(41)51(43(40)29-38)39-17-8-3-9-18-39)32-19-21-35(22-20-32)46-49-44(33-12-4-1-5-13-33)48-45(50-46)34-14-6-2-7-15-34/h1-29H. The molecule has 0 amide bonds. The van der Waals surface area contributed by atoms with Crippen LogP contribution in [0.3, 0.4) is 0 Å². The fourth-order valence-corrected chi connectivity index (χ4v) is 6.75. The van der Waals surface area contributed by atoms with Crippen LogP contribution in [-0.2, 0) is 0 Å². The molecular weight excluding hydrogens is 623 g/mol. The molecule has 51 heavy (non-hydrogen) atoms. The molecule has 7 aromatic carbocycles. The van der Waals surface area contributed by atoms with E-state index in [2.05, 4.69) is 102 Å². The quantitative estimate of drug-likeness (QED) is 0.179. The van der Waals surface area contributed by atoms with Gasteiger partial charge in [0, 0.05) is 33.2 Å². The van der Waals surface area contributed by atoms with Crippen LogP contribution in [-0.4, -0.2) is 19.5 Å². The average Bonchev–Trinajstić information content (AvgIpc) is 3.54. The molecule has 0 saturated carbocycles. The number of hydrogen-bond donors (Lipinski definition) is 0. The zero-order chi connectivity index (χ0) is 34.1. The number of rotatable bonds is 6. The fourth-order valence-electron chi connectivity index (χ4n) is 6.75. The van der Waals surface area contributed by atoms with E-state index >= 15 is 0 Å². The third kappa shape index (κ3) is 5.61. The van der Waals surface area contributed by atoms with Gasteiger partial charge in [0.25, 0.3) is 0 Å². The highest BCUT2D eigenvalue weighted by atomic mass is 15.0. The van der Waals surface area contributed by atoms with Crippen molar-refractivity contribution in [2.75, 3.05) is 0 Å². The van der Waals surface area contributed by atoms with Gasteiger partial charge in [0.15, 0.2) is 17.5 Å². The molecule has 5 heteroatoms. The number of hydrogen-bond acceptors (Lipinski definition) is 4. The highest BCUT2D eigenvalue weighted by molar-refractivity contribution is 6.11. The lowest BCUT2D eigenvalue weighted by molar-refractivity contribution is 1.07. The Hall–Kier alpha value is -7.16. The largest absolute Gasteiger partial charge is 0.309 e. The summed E-state index contributed by atoms with van der Waals surface area (Å²) >= 11 is 0. The maximum atomic E-state index is 9.51. The fraction of sp³-hybridized carbons (Fsp3) is 0. The van der Waals surface area contributed by atoms with Crippen LogP contribution in [0.4, 0.5) is 0 Å². The molecule has 0 unspecified atom stereocenters. The van der Waals surface area contributed by atoms with E-state index in [-0.39, 0.29) is 0 Å². The molecule has 9 rings (SSSR count). The van der Waals surface area contributed by atoms with Gasteiger partial charge in [-0.05, 0) is 64.7 Å². The van der Waals surface area contributed by atoms with Gasteiger partial charge in [-0.15, -0.1) is 0 Å². The van der Waals surface area contributed by atoms with Crippen LogP contribution in [0.25, 0.3) is 83.9 Å². The summed E-state index contributed by atoms with van der Waals surface area (Å²) in [6.45, 7) is 0. The minimum atomic E-state index is 0.631. The third-order valence-corrected chi connectivity index (χ3v) is 9.28. The second kappa shape index (κ2) is 12.7. The Morgan fingerprint density at radius 1 is 0.373 bits per heavy atom. The lowest BCUT2D eigenvalue weighted by Crippen LogP contribution is -2.00. The monoisotopic (exact) mass is 651 g/mol. The summed E-state index contributed by atoms with van der Waals surface area (Å²) in [5.41, 5.74) is 11.1. The highest BCUT2D eigenvalue weighted by Crippen LogP contribution is 2.37. The average molecular weight is 652 g/mol. The highest BCUT2D eigenvalue weighted by Gasteiger charge is 2.16. The number of nitrogens with zero attached hydrogens (tertiary/aromatic N) is 5. The first kappa shape index (κ1) is 29.9. The molecule has 0 aliphatic carbocycles. The van der Waals surface area contributed by atoms with E-state index in [0.717, 1.165) is 55.7 Å². The van der Waals surface area contributed by atoms with E-state index in [9.17, 15) is 5.26 Å². The maximum Gasteiger partial charge on any atom is 0.164 e. The van der Waals surface area contributed by atoms with Crippen molar-refractivity contribution in [1.82, 2.24) is 19.5 Å². The summed E-state index contributed by atoms with van der Waals surface area (Å²) in [4.78, 5) is 14.6. The van der Waals surface area contributed by atoms with Crippen molar-refractivity contribution >= 4 is 21.8 Å². The van der Waals surface area contributed by atoms with Gasteiger partial charge in [-0.1, -0.05) is 133 Å². The van der Waals surface area contributed by atoms with E-state index in [1.54, 1.807) is 0 Å². The van der Waals surface area contributed by atoms with Crippen molar-refractivity contribution in [2.24, 2.45) is 0 Å². The summed E-state index contributed by atoms with van der Waals surface area (Å²) < 4.78 is 2.32. The lowest BCUT2D eigenvalue weighted by atomic mass is 9.99. The van der Waals surface area contributed by atoms with Gasteiger partial charge >= 0.3 is 0 Å². The van der Waals surface area contributed by atoms with Gasteiger partial charge in [0.05, 0.1) is 22.7 Å². The SMILES string of the molecule is N#Cc1cccc(-c2ccc3c4cc(-c5ccc(-c6nc(-c7ccccc7)nc(-c7ccccc7)n6)cc5)ccc4n(-c4ccccc4)c3c2)c1. The van der Waals surface area contributed by atoms with E-state index in [4.69, 9.17) is 15.0 Å². The minimum absolute atomic E-state index is 0.631. The molecule has 2 heterocycles. The Labute approximate surface area is 295 Å². The molecule has 0 fully saturated rings. The predicted molar refractivity (Wildman–Crippen MR) is 206 cm³/mol. The van der Waals surface area contributed by atoms with Crippen LogP contribution in [0.1, 0.15) is 5.56 Å². The molecule has 9 aromatic rings. The van der Waals surface area contributed by atoms with Crippen LogP contribution < -0.4 is 0 Å². The minimum Gasteiger partial charge on any atom is -0.309 e. The first-order valence-electron chi connectivity index (χ1n) is 16.8. The first-order valence-corrected chi connectivity index (χ1v) is 16.8. The molecule has 2 aromatic heterocycles. The zero-order valence-corrected chi connectivity index (χ0v) is 27.5. The van der Waals surface area contributed by atoms with Gasteiger partial charge in [-0.2, -0.15) is 5.26 Å². The molecule has 0 radical (unpaired) electrons. The molecule has 0 spiro atoms. The molecule has 0 aliphatic rings. The Morgan fingerprint density at radius 2 is 0.863 bits per heavy atom. The van der Waals surface area contributed by atoms with Gasteiger partial charge in [-0.3, -0.25) is 0 Å². The van der Waals surface area contributed by atoms with Crippen molar-refractivity contribution < 1.29 is 0 Å². The van der Waals surface area contributed by atoms with Gasteiger partial charge in [-0.25, -0.2) is 15.0 Å². The van der Waals surface area contributed by atoms with Crippen LogP contribution in [0.15, 0.2) is 176 Å². The Kier molecular flexibility index (Phi) is 7.46. The van der Waals surface area contributed by atoms with Crippen molar-refractivity contribution in [3.05, 3.63) is 181 Å². The van der Waals surface area contributed by atoms with Crippen molar-refractivity contribution in [1.29, 1.82) is 5.26 Å². The molecule has 238 valence electrons. The van der Waals surface area contributed by atoms with Crippen molar-refractivity contribution in [3.63, 3.8) is 0 Å². The first-order chi connectivity index (χ1) is 25.2. The van der Waals surface area contributed by atoms with Gasteiger partial charge in [0.1, 0.15) is 0 Å². The molecular formula is C46H29N5. The molecule has 5 nitrogen and oxygen atoms in total. The van der Waals surface area contributed by atoms with Crippen LogP contribution in [0.5, 0.6) is 0 Å². The summed E-state index contributed by atoms with van der Waals surface area (Å²) in [5, 5.41) is 11.8. The van der Waals surface area contributed by atoms with E-state index in [1.807, 2.05) is 84.9 Å². The second-order valence-electron chi connectivity index (χ2n) is 12.4. The maximum absolute atomic E-state index is 9.51. The lowest BCUT2D eigenvalue weighted by Gasteiger charge is -2.10. The third-order valence-electron chi connectivity index (χ3n) is 9.28. The van der Waals surface area contributed by atoms with Crippen molar-refractivity contribution in [3.8, 4) is 68.2 Å². The Bertz CT molecular complexity index is 2670. The van der Waals surface area contributed by atoms with E-state index in [0.29, 0.717) is 23.0 Å². The predicted octanol–water partition coefficient (Wildman–Crippen LogP) is 11.2. The summed E-state index contributed by atoms with van der Waals surface area (Å²) in [5.74, 6) is 1.92. The number of fused-ring (bicyclic) bond motifs is 3. The second-order valence-corrected chi connectivity index (χ2v) is 12.4. The van der Waals surface area contributed by atoms with Crippen molar-refractivity contribution in [2.45, 2.75) is 0 Å². The molecule has 0 N–H and O–H groups in total. The number of para-hydroxylation sites is 1. The molecule has 0 aliphatic heterocycles. The van der Waals surface area contributed by atoms with Gasteiger partial charge in [0.2, 0.25) is 0 Å². The normalized spacial score (nSPS) is 11.1.